The monoisotopic (exact) mass is 449 g/mol. The molecule has 162 valence electrons. The van der Waals surface area contributed by atoms with Crippen LogP contribution in [0.2, 0.25) is 0 Å². The van der Waals surface area contributed by atoms with E-state index in [9.17, 15) is 9.59 Å². The number of ketones is 2. The lowest BCUT2D eigenvalue weighted by molar-refractivity contribution is 0.0960. The minimum atomic E-state index is -0.250. The molecule has 0 radical (unpaired) electrons. The van der Waals surface area contributed by atoms with Gasteiger partial charge < -0.3 is 0 Å². The standard InChI is InChI=1S/C29H23NO2S/c1-19-18-22-14-8-9-15-23(22)25(29-30-16-17-33-29)24(19)26(27(31)20-10-4-2-5-11-20)28(32)21-12-6-3-7-13-21/h2-15,18,25H,16-17H2,1H3. The molecule has 0 N–H and O–H groups in total. The van der Waals surface area contributed by atoms with Crippen LogP contribution in [0.15, 0.2) is 107 Å². The first-order chi connectivity index (χ1) is 16.1. The molecule has 1 aliphatic carbocycles. The molecule has 1 heterocycles. The molecule has 0 spiro atoms. The predicted octanol–water partition coefficient (Wildman–Crippen LogP) is 6.39. The van der Waals surface area contributed by atoms with Crippen LogP contribution in [0.25, 0.3) is 6.08 Å². The van der Waals surface area contributed by atoms with Gasteiger partial charge in [-0.2, -0.15) is 0 Å². The van der Waals surface area contributed by atoms with Crippen molar-refractivity contribution in [2.24, 2.45) is 4.99 Å². The smallest absolute Gasteiger partial charge is 0.197 e. The molecular weight excluding hydrogens is 426 g/mol. The molecular formula is C29H23NO2S. The Kier molecular flexibility index (Phi) is 5.93. The van der Waals surface area contributed by atoms with Gasteiger partial charge in [-0.25, -0.2) is 0 Å². The zero-order chi connectivity index (χ0) is 22.8. The first-order valence-electron chi connectivity index (χ1n) is 11.0. The van der Waals surface area contributed by atoms with Crippen LogP contribution < -0.4 is 0 Å². The Morgan fingerprint density at radius 3 is 1.97 bits per heavy atom. The summed E-state index contributed by atoms with van der Waals surface area (Å²) in [7, 11) is 0. The molecule has 3 aromatic rings. The summed E-state index contributed by atoms with van der Waals surface area (Å²) < 4.78 is 0. The van der Waals surface area contributed by atoms with Gasteiger partial charge in [-0.15, -0.1) is 11.8 Å². The highest BCUT2D eigenvalue weighted by Gasteiger charge is 2.36. The second-order valence-electron chi connectivity index (χ2n) is 8.14. The number of allylic oxidation sites excluding steroid dienone is 3. The Hall–Kier alpha value is -3.50. The van der Waals surface area contributed by atoms with Crippen molar-refractivity contribution in [2.45, 2.75) is 12.8 Å². The van der Waals surface area contributed by atoms with Crippen LogP contribution in [-0.2, 0) is 0 Å². The number of hydrogen-bond acceptors (Lipinski definition) is 4. The van der Waals surface area contributed by atoms with Crippen molar-refractivity contribution >= 4 is 34.4 Å². The van der Waals surface area contributed by atoms with Gasteiger partial charge in [0.15, 0.2) is 11.6 Å². The summed E-state index contributed by atoms with van der Waals surface area (Å²) in [5.74, 6) is 0.188. The predicted molar refractivity (Wildman–Crippen MR) is 136 cm³/mol. The number of nitrogens with zero attached hydrogens (tertiary/aromatic N) is 1. The van der Waals surface area contributed by atoms with Crippen LogP contribution >= 0.6 is 11.8 Å². The highest BCUT2D eigenvalue weighted by atomic mass is 32.2. The Balaban J connectivity index is 1.80. The second kappa shape index (κ2) is 9.16. The highest BCUT2D eigenvalue weighted by Crippen LogP contribution is 2.44. The molecule has 0 aromatic heterocycles. The zero-order valence-corrected chi connectivity index (χ0v) is 19.1. The maximum absolute atomic E-state index is 13.9. The highest BCUT2D eigenvalue weighted by molar-refractivity contribution is 8.14. The van der Waals surface area contributed by atoms with Gasteiger partial charge in [0, 0.05) is 23.4 Å². The largest absolute Gasteiger partial charge is 0.288 e. The number of thioether (sulfide) groups is 1. The summed E-state index contributed by atoms with van der Waals surface area (Å²) in [6, 6.07) is 26.3. The van der Waals surface area contributed by atoms with E-state index in [1.54, 1.807) is 36.0 Å². The average Bonchev–Trinajstić information content (AvgIpc) is 3.40. The SMILES string of the molecule is CC1=Cc2ccccc2C(C2=NCCS2)C1=C(C(=O)c1ccccc1)C(=O)c1ccccc1. The van der Waals surface area contributed by atoms with Crippen molar-refractivity contribution in [1.82, 2.24) is 0 Å². The van der Waals surface area contributed by atoms with E-state index in [4.69, 9.17) is 4.99 Å². The van der Waals surface area contributed by atoms with Crippen LogP contribution in [0.1, 0.15) is 44.7 Å². The van der Waals surface area contributed by atoms with Crippen molar-refractivity contribution in [2.75, 3.05) is 12.3 Å². The van der Waals surface area contributed by atoms with E-state index in [1.807, 2.05) is 55.5 Å². The van der Waals surface area contributed by atoms with Crippen molar-refractivity contribution in [1.29, 1.82) is 0 Å². The van der Waals surface area contributed by atoms with Gasteiger partial charge in [0.25, 0.3) is 0 Å². The Morgan fingerprint density at radius 2 is 1.39 bits per heavy atom. The number of carbonyl (C=O) groups excluding carboxylic acids is 2. The number of rotatable bonds is 5. The quantitative estimate of drug-likeness (QED) is 0.196. The summed E-state index contributed by atoms with van der Waals surface area (Å²) in [4.78, 5) is 32.6. The molecule has 0 fully saturated rings. The van der Waals surface area contributed by atoms with Crippen LogP contribution in [0.3, 0.4) is 0 Å². The summed E-state index contributed by atoms with van der Waals surface area (Å²) in [6.07, 6.45) is 2.08. The normalized spacial score (nSPS) is 17.1. The molecule has 2 aliphatic rings. The minimum Gasteiger partial charge on any atom is -0.288 e. The van der Waals surface area contributed by atoms with Crippen molar-refractivity contribution in [3.63, 3.8) is 0 Å². The fraction of sp³-hybridized carbons (Fsp3) is 0.138. The Morgan fingerprint density at radius 1 is 0.818 bits per heavy atom. The molecule has 1 unspecified atom stereocenters. The maximum atomic E-state index is 13.9. The van der Waals surface area contributed by atoms with E-state index in [2.05, 4.69) is 18.2 Å². The number of hydrogen-bond donors (Lipinski definition) is 0. The van der Waals surface area contributed by atoms with E-state index in [0.717, 1.165) is 39.6 Å². The van der Waals surface area contributed by atoms with Gasteiger partial charge in [0.2, 0.25) is 0 Å². The van der Waals surface area contributed by atoms with E-state index < -0.39 is 0 Å². The molecule has 4 heteroatoms. The van der Waals surface area contributed by atoms with Crippen molar-refractivity contribution < 1.29 is 9.59 Å². The summed E-state index contributed by atoms with van der Waals surface area (Å²) in [5.41, 5.74) is 5.15. The van der Waals surface area contributed by atoms with E-state index in [0.29, 0.717) is 11.1 Å². The lowest BCUT2D eigenvalue weighted by Crippen LogP contribution is -2.24. The van der Waals surface area contributed by atoms with Crippen molar-refractivity contribution in [3.8, 4) is 0 Å². The fourth-order valence-electron chi connectivity index (χ4n) is 4.54. The van der Waals surface area contributed by atoms with E-state index in [1.165, 1.54) is 0 Å². The van der Waals surface area contributed by atoms with Crippen molar-refractivity contribution in [3.05, 3.63) is 124 Å². The van der Waals surface area contributed by atoms with Gasteiger partial charge in [-0.1, -0.05) is 91.0 Å². The summed E-state index contributed by atoms with van der Waals surface area (Å²) in [6.45, 7) is 2.75. The molecule has 3 nitrogen and oxygen atoms in total. The third-order valence-electron chi connectivity index (χ3n) is 6.04. The lowest BCUT2D eigenvalue weighted by Gasteiger charge is -2.29. The van der Waals surface area contributed by atoms with Gasteiger partial charge in [-0.05, 0) is 29.2 Å². The molecule has 0 bridgehead atoms. The molecule has 0 saturated carbocycles. The van der Waals surface area contributed by atoms with Gasteiger partial charge in [0.05, 0.1) is 16.5 Å². The molecule has 1 atom stereocenters. The topological polar surface area (TPSA) is 46.5 Å². The number of fused-ring (bicyclic) bond motifs is 1. The number of Topliss-reactive ketones (excluding diaryl/α,β-unsaturated/α-hetero) is 2. The first-order valence-corrected chi connectivity index (χ1v) is 12.0. The number of carbonyl (C=O) groups is 2. The molecule has 0 saturated heterocycles. The van der Waals surface area contributed by atoms with Crippen LogP contribution in [0.4, 0.5) is 0 Å². The third kappa shape index (κ3) is 4.03. The summed E-state index contributed by atoms with van der Waals surface area (Å²) >= 11 is 1.72. The molecule has 1 aliphatic heterocycles. The fourth-order valence-corrected chi connectivity index (χ4v) is 5.52. The number of aliphatic imine (C=N–C) groups is 1. The Bertz CT molecular complexity index is 1270. The zero-order valence-electron chi connectivity index (χ0n) is 18.3. The second-order valence-corrected chi connectivity index (χ2v) is 9.25. The average molecular weight is 450 g/mol. The van der Waals surface area contributed by atoms with E-state index in [-0.39, 0.29) is 23.1 Å². The number of benzene rings is 3. The molecule has 0 amide bonds. The molecule has 33 heavy (non-hydrogen) atoms. The van der Waals surface area contributed by atoms with Crippen LogP contribution in [0.5, 0.6) is 0 Å². The Labute approximate surface area is 198 Å². The minimum absolute atomic E-state index is 0.228. The maximum Gasteiger partial charge on any atom is 0.197 e. The van der Waals surface area contributed by atoms with Gasteiger partial charge in [-0.3, -0.25) is 14.6 Å². The third-order valence-corrected chi connectivity index (χ3v) is 7.09. The lowest BCUT2D eigenvalue weighted by atomic mass is 9.75. The molecule has 3 aromatic carbocycles. The molecule has 5 rings (SSSR count). The first kappa shape index (κ1) is 21.4. The van der Waals surface area contributed by atoms with Gasteiger partial charge >= 0.3 is 0 Å². The van der Waals surface area contributed by atoms with Gasteiger partial charge in [0.1, 0.15) is 0 Å². The van der Waals surface area contributed by atoms with Crippen LogP contribution in [-0.4, -0.2) is 28.9 Å². The summed E-state index contributed by atoms with van der Waals surface area (Å²) in [5, 5.41) is 0.976. The van der Waals surface area contributed by atoms with Crippen LogP contribution in [0, 0.1) is 0 Å². The van der Waals surface area contributed by atoms with E-state index >= 15 is 0 Å².